The standard InChI is InChI=1S/C19H17ClN2O7S/c20-14-6-8-16(9-7-14)30(27,28)21-10-2-5-17(21)19(24)29-12-18(23)13-3-1-4-15(11-13)22(25)26/h1,3-4,6-9,11,17H,2,5,10,12H2/t17-/m1/s1. The number of rotatable bonds is 7. The van der Waals surface area contributed by atoms with Crippen molar-refractivity contribution >= 4 is 39.1 Å². The fourth-order valence-electron chi connectivity index (χ4n) is 3.11. The zero-order chi connectivity index (χ0) is 21.9. The Hall–Kier alpha value is -2.82. The number of nitrogens with zero attached hydrogens (tertiary/aromatic N) is 2. The van der Waals surface area contributed by atoms with Crippen molar-refractivity contribution in [1.29, 1.82) is 0 Å². The summed E-state index contributed by atoms with van der Waals surface area (Å²) in [6.45, 7) is -0.505. The van der Waals surface area contributed by atoms with E-state index in [1.54, 1.807) is 0 Å². The molecule has 1 fully saturated rings. The molecular formula is C19H17ClN2O7S. The van der Waals surface area contributed by atoms with Gasteiger partial charge in [-0.2, -0.15) is 4.31 Å². The number of nitro benzene ring substituents is 1. The van der Waals surface area contributed by atoms with E-state index in [0.717, 1.165) is 10.4 Å². The summed E-state index contributed by atoms with van der Waals surface area (Å²) in [5.41, 5.74) is -0.239. The first kappa shape index (κ1) is 21.9. The third kappa shape index (κ3) is 4.66. The van der Waals surface area contributed by atoms with Gasteiger partial charge < -0.3 is 4.74 Å². The number of hydrogen-bond acceptors (Lipinski definition) is 7. The second-order valence-corrected chi connectivity index (χ2v) is 8.89. The summed E-state index contributed by atoms with van der Waals surface area (Å²) < 4.78 is 31.8. The van der Waals surface area contributed by atoms with Crippen LogP contribution in [0.2, 0.25) is 5.02 Å². The monoisotopic (exact) mass is 452 g/mol. The van der Waals surface area contributed by atoms with Gasteiger partial charge in [-0.25, -0.2) is 8.42 Å². The number of Topliss-reactive ketones (excluding diaryl/α,β-unsaturated/α-hetero) is 1. The van der Waals surface area contributed by atoms with E-state index in [0.29, 0.717) is 11.4 Å². The van der Waals surface area contributed by atoms with E-state index in [2.05, 4.69) is 0 Å². The predicted octanol–water partition coefficient (Wildman–Crippen LogP) is 2.83. The van der Waals surface area contributed by atoms with Crippen molar-refractivity contribution in [3.8, 4) is 0 Å². The van der Waals surface area contributed by atoms with Crippen LogP contribution in [0.3, 0.4) is 0 Å². The zero-order valence-corrected chi connectivity index (χ0v) is 17.1. The van der Waals surface area contributed by atoms with Crippen molar-refractivity contribution in [3.05, 3.63) is 69.2 Å². The fraction of sp³-hybridized carbons (Fsp3) is 0.263. The first-order chi connectivity index (χ1) is 14.2. The number of carbonyl (C=O) groups is 2. The molecule has 9 nitrogen and oxygen atoms in total. The van der Waals surface area contributed by atoms with Crippen LogP contribution in [0.5, 0.6) is 0 Å². The molecule has 0 unspecified atom stereocenters. The maximum Gasteiger partial charge on any atom is 0.324 e. The molecule has 1 aliphatic heterocycles. The van der Waals surface area contributed by atoms with E-state index in [1.807, 2.05) is 0 Å². The molecule has 1 aliphatic rings. The van der Waals surface area contributed by atoms with Crippen LogP contribution >= 0.6 is 11.6 Å². The molecule has 0 aliphatic carbocycles. The molecule has 30 heavy (non-hydrogen) atoms. The molecule has 0 saturated carbocycles. The number of ketones is 1. The lowest BCUT2D eigenvalue weighted by Gasteiger charge is -2.22. The summed E-state index contributed by atoms with van der Waals surface area (Å²) in [7, 11) is -3.94. The minimum atomic E-state index is -3.94. The number of carbonyl (C=O) groups excluding carboxylic acids is 2. The predicted molar refractivity (Wildman–Crippen MR) is 107 cm³/mol. The van der Waals surface area contributed by atoms with Gasteiger partial charge in [0.05, 0.1) is 9.82 Å². The molecule has 11 heteroatoms. The Morgan fingerprint density at radius 2 is 1.90 bits per heavy atom. The molecule has 0 bridgehead atoms. The lowest BCUT2D eigenvalue weighted by Crippen LogP contribution is -2.41. The average molecular weight is 453 g/mol. The SMILES string of the molecule is O=C(COC(=O)[C@H]1CCCN1S(=O)(=O)c1ccc(Cl)cc1)c1cccc([N+](=O)[O-])c1. The Morgan fingerprint density at radius 1 is 1.20 bits per heavy atom. The molecular weight excluding hydrogens is 436 g/mol. The van der Waals surface area contributed by atoms with Crippen molar-refractivity contribution in [2.24, 2.45) is 0 Å². The number of hydrogen-bond donors (Lipinski definition) is 0. The molecule has 1 atom stereocenters. The number of nitro groups is 1. The summed E-state index contributed by atoms with van der Waals surface area (Å²) in [4.78, 5) is 34.9. The summed E-state index contributed by atoms with van der Waals surface area (Å²) in [6, 6.07) is 9.58. The van der Waals surface area contributed by atoms with Crippen LogP contribution in [0, 0.1) is 10.1 Å². The third-order valence-electron chi connectivity index (χ3n) is 4.62. The molecule has 1 heterocycles. The van der Waals surface area contributed by atoms with Crippen LogP contribution in [0.25, 0.3) is 0 Å². The van der Waals surface area contributed by atoms with Gasteiger partial charge in [-0.05, 0) is 37.1 Å². The van der Waals surface area contributed by atoms with Crippen molar-refractivity contribution < 1.29 is 27.7 Å². The molecule has 0 radical (unpaired) electrons. The number of esters is 1. The summed E-state index contributed by atoms with van der Waals surface area (Å²) in [5, 5.41) is 11.2. The van der Waals surface area contributed by atoms with E-state index in [1.165, 1.54) is 42.5 Å². The van der Waals surface area contributed by atoms with Crippen LogP contribution in [-0.2, 0) is 19.6 Å². The first-order valence-corrected chi connectivity index (χ1v) is 10.7. The van der Waals surface area contributed by atoms with Crippen molar-refractivity contribution in [3.63, 3.8) is 0 Å². The quantitative estimate of drug-likeness (QED) is 0.274. The molecule has 0 amide bonds. The van der Waals surface area contributed by atoms with E-state index < -0.39 is 39.3 Å². The van der Waals surface area contributed by atoms with Crippen LogP contribution in [-0.4, -0.2) is 48.6 Å². The van der Waals surface area contributed by atoms with Gasteiger partial charge in [0.2, 0.25) is 15.8 Å². The highest BCUT2D eigenvalue weighted by Crippen LogP contribution is 2.27. The van der Waals surface area contributed by atoms with Gasteiger partial charge in [0.15, 0.2) is 6.61 Å². The van der Waals surface area contributed by atoms with Crippen molar-refractivity contribution in [1.82, 2.24) is 4.31 Å². The molecule has 2 aromatic carbocycles. The Labute approximate surface area is 177 Å². The van der Waals surface area contributed by atoms with Crippen LogP contribution in [0.15, 0.2) is 53.4 Å². The van der Waals surface area contributed by atoms with Gasteiger partial charge in [-0.3, -0.25) is 19.7 Å². The minimum Gasteiger partial charge on any atom is -0.456 e. The number of halogens is 1. The van der Waals surface area contributed by atoms with Gasteiger partial charge in [-0.15, -0.1) is 0 Å². The Bertz CT molecular complexity index is 1090. The van der Waals surface area contributed by atoms with Gasteiger partial charge in [0.25, 0.3) is 5.69 Å². The first-order valence-electron chi connectivity index (χ1n) is 8.92. The van der Waals surface area contributed by atoms with Gasteiger partial charge in [0, 0.05) is 29.3 Å². The van der Waals surface area contributed by atoms with Crippen LogP contribution in [0.1, 0.15) is 23.2 Å². The molecule has 3 rings (SSSR count). The van der Waals surface area contributed by atoms with E-state index in [4.69, 9.17) is 16.3 Å². The van der Waals surface area contributed by atoms with Gasteiger partial charge >= 0.3 is 5.97 Å². The highest BCUT2D eigenvalue weighted by atomic mass is 35.5. The summed E-state index contributed by atoms with van der Waals surface area (Å²) in [5.74, 6) is -1.47. The van der Waals surface area contributed by atoms with Crippen LogP contribution < -0.4 is 0 Å². The maximum atomic E-state index is 12.9. The second kappa shape index (κ2) is 8.90. The lowest BCUT2D eigenvalue weighted by atomic mass is 10.1. The normalized spacial score (nSPS) is 16.9. The van der Waals surface area contributed by atoms with Crippen molar-refractivity contribution in [2.75, 3.05) is 13.2 Å². The maximum absolute atomic E-state index is 12.9. The second-order valence-electron chi connectivity index (χ2n) is 6.57. The summed E-state index contributed by atoms with van der Waals surface area (Å²) >= 11 is 5.80. The number of ether oxygens (including phenoxy) is 1. The van der Waals surface area contributed by atoms with Gasteiger partial charge in [-0.1, -0.05) is 23.7 Å². The minimum absolute atomic E-state index is 0.000675. The Kier molecular flexibility index (Phi) is 6.49. The number of benzene rings is 2. The molecule has 1 saturated heterocycles. The van der Waals surface area contributed by atoms with Gasteiger partial charge in [0.1, 0.15) is 6.04 Å². The van der Waals surface area contributed by atoms with Crippen molar-refractivity contribution in [2.45, 2.75) is 23.8 Å². The molecule has 2 aromatic rings. The van der Waals surface area contributed by atoms with E-state index >= 15 is 0 Å². The van der Waals surface area contributed by atoms with E-state index in [-0.39, 0.29) is 29.1 Å². The number of non-ortho nitro benzene ring substituents is 1. The lowest BCUT2D eigenvalue weighted by molar-refractivity contribution is -0.384. The molecule has 0 aromatic heterocycles. The highest BCUT2D eigenvalue weighted by molar-refractivity contribution is 7.89. The largest absolute Gasteiger partial charge is 0.456 e. The summed E-state index contributed by atoms with van der Waals surface area (Å²) in [6.07, 6.45) is 0.724. The third-order valence-corrected chi connectivity index (χ3v) is 6.79. The zero-order valence-electron chi connectivity index (χ0n) is 15.6. The Morgan fingerprint density at radius 3 is 2.57 bits per heavy atom. The fourth-order valence-corrected chi connectivity index (χ4v) is 4.89. The molecule has 0 N–H and O–H groups in total. The number of sulfonamides is 1. The van der Waals surface area contributed by atoms with E-state index in [9.17, 15) is 28.1 Å². The topological polar surface area (TPSA) is 124 Å². The highest BCUT2D eigenvalue weighted by Gasteiger charge is 2.40. The average Bonchev–Trinajstić information content (AvgIpc) is 3.23. The Balaban J connectivity index is 1.69. The van der Waals surface area contributed by atoms with Crippen LogP contribution in [0.4, 0.5) is 5.69 Å². The smallest absolute Gasteiger partial charge is 0.324 e. The molecule has 158 valence electrons. The molecule has 0 spiro atoms.